The first-order valence-corrected chi connectivity index (χ1v) is 9.43. The van der Waals surface area contributed by atoms with Gasteiger partial charge in [0.15, 0.2) is 0 Å². The van der Waals surface area contributed by atoms with Crippen LogP contribution in [0.25, 0.3) is 10.9 Å². The summed E-state index contributed by atoms with van der Waals surface area (Å²) in [6, 6.07) is 7.97. The summed E-state index contributed by atoms with van der Waals surface area (Å²) in [6.07, 6.45) is 8.36. The minimum absolute atomic E-state index is 0.120. The maximum atomic E-state index is 12.8. The molecule has 0 saturated heterocycles. The van der Waals surface area contributed by atoms with Crippen molar-refractivity contribution in [3.8, 4) is 0 Å². The lowest BCUT2D eigenvalue weighted by Crippen LogP contribution is -2.24. The molecule has 0 atom stereocenters. The summed E-state index contributed by atoms with van der Waals surface area (Å²) in [5.41, 5.74) is 2.07. The smallest absolute Gasteiger partial charge is 0.211 e. The first kappa shape index (κ1) is 17.2. The van der Waals surface area contributed by atoms with Crippen molar-refractivity contribution in [2.45, 2.75) is 72.3 Å². The first-order valence-electron chi connectivity index (χ1n) is 9.43. The summed E-state index contributed by atoms with van der Waals surface area (Å²) in [6.45, 7) is 7.60. The highest BCUT2D eigenvalue weighted by atomic mass is 16.1. The van der Waals surface area contributed by atoms with Gasteiger partial charge in [0.1, 0.15) is 5.69 Å². The van der Waals surface area contributed by atoms with E-state index in [9.17, 15) is 4.79 Å². The van der Waals surface area contributed by atoms with E-state index in [1.54, 1.807) is 0 Å². The van der Waals surface area contributed by atoms with Gasteiger partial charge >= 0.3 is 0 Å². The van der Waals surface area contributed by atoms with E-state index in [1.807, 2.05) is 24.3 Å². The topological polar surface area (TPSA) is 34.9 Å². The zero-order chi connectivity index (χ0) is 17.2. The average Bonchev–Trinajstić information content (AvgIpc) is 2.56. The van der Waals surface area contributed by atoms with E-state index in [0.29, 0.717) is 5.92 Å². The quantitative estimate of drug-likeness (QED) is 0.796. The Hall–Kier alpha value is -1.64. The van der Waals surface area contributed by atoms with Crippen LogP contribution in [0.15, 0.2) is 29.1 Å². The third-order valence-electron chi connectivity index (χ3n) is 5.20. The molecule has 3 heteroatoms. The van der Waals surface area contributed by atoms with Gasteiger partial charge in [0.05, 0.1) is 5.52 Å². The highest BCUT2D eigenvalue weighted by molar-refractivity contribution is 5.78. The summed E-state index contributed by atoms with van der Waals surface area (Å²) in [4.78, 5) is 12.8. The molecule has 1 heterocycles. The molecule has 3 rings (SSSR count). The molecule has 2 aromatic rings. The minimum Gasteiger partial charge on any atom is -0.287 e. The van der Waals surface area contributed by atoms with E-state index in [1.165, 1.54) is 32.1 Å². The normalized spacial score (nSPS) is 16.6. The van der Waals surface area contributed by atoms with Crippen molar-refractivity contribution in [2.75, 3.05) is 0 Å². The van der Waals surface area contributed by atoms with Crippen LogP contribution in [0, 0.1) is 11.3 Å². The fourth-order valence-electron chi connectivity index (χ4n) is 3.70. The van der Waals surface area contributed by atoms with Crippen LogP contribution in [-0.4, -0.2) is 9.78 Å². The fraction of sp³-hybridized carbons (Fsp3) is 0.619. The predicted molar refractivity (Wildman–Crippen MR) is 100 cm³/mol. The van der Waals surface area contributed by atoms with Gasteiger partial charge in [-0.1, -0.05) is 52.2 Å². The van der Waals surface area contributed by atoms with Crippen LogP contribution in [0.5, 0.6) is 0 Å². The third kappa shape index (κ3) is 4.06. The van der Waals surface area contributed by atoms with Crippen LogP contribution >= 0.6 is 0 Å². The number of para-hydroxylation sites is 1. The van der Waals surface area contributed by atoms with Crippen LogP contribution in [0.4, 0.5) is 0 Å². The zero-order valence-corrected chi connectivity index (χ0v) is 15.3. The van der Waals surface area contributed by atoms with Gasteiger partial charge in [-0.05, 0) is 49.1 Å². The highest BCUT2D eigenvalue weighted by Gasteiger charge is 2.18. The van der Waals surface area contributed by atoms with E-state index in [-0.39, 0.29) is 10.8 Å². The van der Waals surface area contributed by atoms with Crippen molar-refractivity contribution in [3.63, 3.8) is 0 Å². The molecule has 1 aromatic heterocycles. The molecule has 0 spiro atoms. The number of aryl methyl sites for hydroxylation is 1. The van der Waals surface area contributed by atoms with Crippen LogP contribution in [0.2, 0.25) is 0 Å². The van der Waals surface area contributed by atoms with Crippen molar-refractivity contribution < 1.29 is 0 Å². The van der Waals surface area contributed by atoms with Crippen molar-refractivity contribution in [3.05, 3.63) is 40.2 Å². The number of aromatic nitrogens is 2. The van der Waals surface area contributed by atoms with Crippen LogP contribution in [-0.2, 0) is 13.0 Å². The first-order chi connectivity index (χ1) is 11.4. The molecule has 0 N–H and O–H groups in total. The zero-order valence-electron chi connectivity index (χ0n) is 15.3. The fourth-order valence-corrected chi connectivity index (χ4v) is 3.70. The Labute approximate surface area is 145 Å². The van der Waals surface area contributed by atoms with E-state index >= 15 is 0 Å². The van der Waals surface area contributed by atoms with Crippen LogP contribution < -0.4 is 5.43 Å². The van der Waals surface area contributed by atoms with E-state index < -0.39 is 0 Å². The van der Waals surface area contributed by atoms with Gasteiger partial charge in [0, 0.05) is 11.9 Å². The summed E-state index contributed by atoms with van der Waals surface area (Å²) in [7, 11) is 0. The number of fused-ring (bicyclic) bond motifs is 1. The van der Waals surface area contributed by atoms with Crippen molar-refractivity contribution in [1.29, 1.82) is 0 Å². The Balaban J connectivity index is 1.96. The summed E-state index contributed by atoms with van der Waals surface area (Å²) in [5, 5.41) is 5.63. The van der Waals surface area contributed by atoms with Crippen molar-refractivity contribution in [2.24, 2.45) is 11.3 Å². The lowest BCUT2D eigenvalue weighted by molar-refractivity contribution is 0.308. The van der Waals surface area contributed by atoms with Gasteiger partial charge in [-0.2, -0.15) is 5.10 Å². The maximum Gasteiger partial charge on any atom is 0.211 e. The summed E-state index contributed by atoms with van der Waals surface area (Å²) in [5.74, 6) is 0.702. The standard InChI is InChI=1S/C21H30N2O/c1-21(2,3)14-13-18-20(24)17-11-7-8-12-19(17)23(22-18)15-16-9-5-4-6-10-16/h7-8,11-12,16H,4-6,9-10,13-15H2,1-3H3. The van der Waals surface area contributed by atoms with Gasteiger partial charge in [0.2, 0.25) is 5.43 Å². The molecule has 1 fully saturated rings. The van der Waals surface area contributed by atoms with Gasteiger partial charge < -0.3 is 0 Å². The average molecular weight is 326 g/mol. The third-order valence-corrected chi connectivity index (χ3v) is 5.20. The Morgan fingerprint density at radius 1 is 1.12 bits per heavy atom. The highest BCUT2D eigenvalue weighted by Crippen LogP contribution is 2.26. The Kier molecular flexibility index (Phi) is 5.07. The number of benzene rings is 1. The maximum absolute atomic E-state index is 12.8. The van der Waals surface area contributed by atoms with Gasteiger partial charge in [-0.25, -0.2) is 0 Å². The number of hydrogen-bond donors (Lipinski definition) is 0. The van der Waals surface area contributed by atoms with Gasteiger partial charge in [0.25, 0.3) is 0 Å². The van der Waals surface area contributed by atoms with Crippen LogP contribution in [0.3, 0.4) is 0 Å². The molecular formula is C21H30N2O. The largest absolute Gasteiger partial charge is 0.287 e. The predicted octanol–water partition coefficient (Wildman–Crippen LogP) is 4.96. The van der Waals surface area contributed by atoms with E-state index in [0.717, 1.165) is 36.0 Å². The molecule has 0 unspecified atom stereocenters. The molecule has 1 aliphatic carbocycles. The lowest BCUT2D eigenvalue weighted by Gasteiger charge is -2.23. The van der Waals surface area contributed by atoms with Crippen molar-refractivity contribution >= 4 is 10.9 Å². The van der Waals surface area contributed by atoms with Gasteiger partial charge in [-0.3, -0.25) is 9.48 Å². The summed E-state index contributed by atoms with van der Waals surface area (Å²) < 4.78 is 2.12. The number of rotatable bonds is 4. The molecule has 130 valence electrons. The van der Waals surface area contributed by atoms with Crippen LogP contribution in [0.1, 0.15) is 65.0 Å². The SMILES string of the molecule is CC(C)(C)CCc1nn(CC2CCCCC2)c2ccccc2c1=O. The molecule has 0 radical (unpaired) electrons. The number of nitrogens with zero attached hydrogens (tertiary/aromatic N) is 2. The monoisotopic (exact) mass is 326 g/mol. The van der Waals surface area contributed by atoms with E-state index in [4.69, 9.17) is 5.10 Å². The second-order valence-corrected chi connectivity index (χ2v) is 8.54. The second-order valence-electron chi connectivity index (χ2n) is 8.54. The number of hydrogen-bond acceptors (Lipinski definition) is 2. The van der Waals surface area contributed by atoms with Gasteiger partial charge in [-0.15, -0.1) is 0 Å². The molecule has 1 aliphatic rings. The summed E-state index contributed by atoms with van der Waals surface area (Å²) >= 11 is 0. The molecule has 24 heavy (non-hydrogen) atoms. The Morgan fingerprint density at radius 3 is 2.54 bits per heavy atom. The molecule has 3 nitrogen and oxygen atoms in total. The minimum atomic E-state index is 0.120. The Morgan fingerprint density at radius 2 is 1.83 bits per heavy atom. The molecule has 0 bridgehead atoms. The molecule has 1 aromatic carbocycles. The molecule has 1 saturated carbocycles. The van der Waals surface area contributed by atoms with E-state index in [2.05, 4.69) is 25.5 Å². The Bertz CT molecular complexity index is 749. The molecular weight excluding hydrogens is 296 g/mol. The van der Waals surface area contributed by atoms with Crippen molar-refractivity contribution in [1.82, 2.24) is 9.78 Å². The molecule has 0 aliphatic heterocycles. The second kappa shape index (κ2) is 7.08. The molecule has 0 amide bonds. The lowest BCUT2D eigenvalue weighted by atomic mass is 9.89.